The zero-order chi connectivity index (χ0) is 19.3. The predicted octanol–water partition coefficient (Wildman–Crippen LogP) is 3.98. The third-order valence-corrected chi connectivity index (χ3v) is 6.58. The molecule has 1 aliphatic rings. The van der Waals surface area contributed by atoms with Crippen molar-refractivity contribution in [1.29, 1.82) is 0 Å². The van der Waals surface area contributed by atoms with Gasteiger partial charge < -0.3 is 4.90 Å². The lowest BCUT2D eigenvalue weighted by molar-refractivity contribution is 0.0709. The smallest absolute Gasteiger partial charge is 0.259 e. The molecule has 1 fully saturated rings. The van der Waals surface area contributed by atoms with Crippen LogP contribution in [0.1, 0.15) is 45.5 Å². The van der Waals surface area contributed by atoms with Gasteiger partial charge in [-0.15, -0.1) is 11.3 Å². The van der Waals surface area contributed by atoms with Crippen molar-refractivity contribution >= 4 is 33.1 Å². The lowest BCUT2D eigenvalue weighted by atomic mass is 9.98. The van der Waals surface area contributed by atoms with Gasteiger partial charge in [0.25, 0.3) is 5.91 Å². The molecule has 1 saturated heterocycles. The zero-order valence-corrected chi connectivity index (χ0v) is 16.7. The van der Waals surface area contributed by atoms with Crippen LogP contribution in [0.4, 0.5) is 0 Å². The molecule has 3 aromatic heterocycles. The van der Waals surface area contributed by atoms with Gasteiger partial charge in [0.1, 0.15) is 5.56 Å². The molecule has 4 aromatic rings. The molecule has 4 heterocycles. The maximum Gasteiger partial charge on any atom is 0.259 e. The fourth-order valence-corrected chi connectivity index (χ4v) is 5.11. The van der Waals surface area contributed by atoms with Crippen LogP contribution < -0.4 is 0 Å². The van der Waals surface area contributed by atoms with E-state index in [2.05, 4.69) is 22.2 Å². The third-order valence-electron chi connectivity index (χ3n) is 5.38. The number of hydrogen-bond acceptors (Lipinski definition) is 5. The number of hydrogen-bond donors (Lipinski definition) is 0. The molecule has 1 atom stereocenters. The Morgan fingerprint density at radius 1 is 1.21 bits per heavy atom. The van der Waals surface area contributed by atoms with E-state index in [0.717, 1.165) is 41.3 Å². The number of aromatic nitrogens is 4. The molecule has 1 aliphatic heterocycles. The number of carbonyl (C=O) groups is 1. The Hall–Kier alpha value is -2.80. The van der Waals surface area contributed by atoms with E-state index >= 15 is 0 Å². The van der Waals surface area contributed by atoms with Crippen molar-refractivity contribution in [3.8, 4) is 0 Å². The van der Waals surface area contributed by atoms with Gasteiger partial charge >= 0.3 is 0 Å². The quantitative estimate of drug-likeness (QED) is 0.519. The molecule has 5 rings (SSSR count). The number of aryl methyl sites for hydroxylation is 2. The van der Waals surface area contributed by atoms with Crippen LogP contribution in [-0.2, 0) is 0 Å². The normalized spacial score (nSPS) is 17.5. The topological polar surface area (TPSA) is 63.4 Å². The van der Waals surface area contributed by atoms with Crippen LogP contribution in [0.3, 0.4) is 0 Å². The maximum absolute atomic E-state index is 13.3. The molecule has 1 aromatic carbocycles. The van der Waals surface area contributed by atoms with Crippen molar-refractivity contribution in [1.82, 2.24) is 24.5 Å². The first-order valence-electron chi connectivity index (χ1n) is 9.57. The standard InChI is InChI=1S/C21H21N5OS/c1-13-10-14(2)26-19(23-13)16(11-22-26)21(27)25-9-5-6-15(12-25)20-24-17-7-3-4-8-18(17)28-20/h3-4,7-8,10-11,15H,5-6,9,12H2,1-2H3/t15-/m0/s1. The minimum atomic E-state index is 0.0123. The molecule has 7 heteroatoms. The summed E-state index contributed by atoms with van der Waals surface area (Å²) in [5.41, 5.74) is 4.14. The fraction of sp³-hybridized carbons (Fsp3) is 0.333. The molecule has 0 N–H and O–H groups in total. The molecule has 0 bridgehead atoms. The van der Waals surface area contributed by atoms with Crippen molar-refractivity contribution < 1.29 is 4.79 Å². The summed E-state index contributed by atoms with van der Waals surface area (Å²) >= 11 is 1.74. The van der Waals surface area contributed by atoms with Gasteiger partial charge in [0.05, 0.1) is 21.4 Å². The van der Waals surface area contributed by atoms with Crippen LogP contribution in [0.15, 0.2) is 36.5 Å². The molecular formula is C21H21N5OS. The molecular weight excluding hydrogens is 370 g/mol. The van der Waals surface area contributed by atoms with Gasteiger partial charge in [-0.05, 0) is 44.9 Å². The van der Waals surface area contributed by atoms with E-state index in [9.17, 15) is 4.79 Å². The van der Waals surface area contributed by atoms with E-state index in [1.165, 1.54) is 4.70 Å². The van der Waals surface area contributed by atoms with Crippen LogP contribution in [0, 0.1) is 13.8 Å². The maximum atomic E-state index is 13.3. The molecule has 0 aliphatic carbocycles. The minimum absolute atomic E-state index is 0.0123. The van der Waals surface area contributed by atoms with Crippen molar-refractivity contribution in [2.45, 2.75) is 32.6 Å². The first-order valence-corrected chi connectivity index (χ1v) is 10.4. The van der Waals surface area contributed by atoms with E-state index in [1.807, 2.05) is 36.9 Å². The van der Waals surface area contributed by atoms with Crippen LogP contribution in [0.25, 0.3) is 15.9 Å². The summed E-state index contributed by atoms with van der Waals surface area (Å²) < 4.78 is 2.95. The molecule has 0 radical (unpaired) electrons. The molecule has 28 heavy (non-hydrogen) atoms. The monoisotopic (exact) mass is 391 g/mol. The Morgan fingerprint density at radius 3 is 2.93 bits per heavy atom. The number of nitrogens with zero attached hydrogens (tertiary/aromatic N) is 5. The first-order chi connectivity index (χ1) is 13.6. The highest BCUT2D eigenvalue weighted by Gasteiger charge is 2.29. The Kier molecular flexibility index (Phi) is 4.12. The second kappa shape index (κ2) is 6.67. The Labute approximate surface area is 166 Å². The fourth-order valence-electron chi connectivity index (χ4n) is 4.02. The largest absolute Gasteiger partial charge is 0.338 e. The average molecular weight is 392 g/mol. The minimum Gasteiger partial charge on any atom is -0.338 e. The number of piperidine rings is 1. The van der Waals surface area contributed by atoms with E-state index < -0.39 is 0 Å². The summed E-state index contributed by atoms with van der Waals surface area (Å²) in [4.78, 5) is 24.6. The van der Waals surface area contributed by atoms with Crippen molar-refractivity contribution in [3.05, 3.63) is 58.5 Å². The van der Waals surface area contributed by atoms with Gasteiger partial charge in [0.15, 0.2) is 5.65 Å². The molecule has 6 nitrogen and oxygen atoms in total. The SMILES string of the molecule is Cc1cc(C)n2ncc(C(=O)N3CCC[C@H](c4nc5ccccc5s4)C3)c2n1. The van der Waals surface area contributed by atoms with Crippen molar-refractivity contribution in [2.75, 3.05) is 13.1 Å². The van der Waals surface area contributed by atoms with Gasteiger partial charge in [-0.2, -0.15) is 5.10 Å². The lowest BCUT2D eigenvalue weighted by Crippen LogP contribution is -2.39. The Bertz CT molecular complexity index is 1160. The van der Waals surface area contributed by atoms with E-state index in [1.54, 1.807) is 22.0 Å². The second-order valence-electron chi connectivity index (χ2n) is 7.44. The number of amides is 1. The number of thiazole rings is 1. The van der Waals surface area contributed by atoms with Gasteiger partial charge in [0, 0.05) is 30.4 Å². The van der Waals surface area contributed by atoms with E-state index in [0.29, 0.717) is 17.8 Å². The van der Waals surface area contributed by atoms with Crippen LogP contribution >= 0.6 is 11.3 Å². The second-order valence-corrected chi connectivity index (χ2v) is 8.50. The van der Waals surface area contributed by atoms with Crippen molar-refractivity contribution in [2.24, 2.45) is 0 Å². The third kappa shape index (κ3) is 2.86. The number of benzene rings is 1. The average Bonchev–Trinajstić information content (AvgIpc) is 3.32. The molecule has 1 amide bonds. The summed E-state index contributed by atoms with van der Waals surface area (Å²) in [6, 6.07) is 10.2. The van der Waals surface area contributed by atoms with Crippen LogP contribution in [-0.4, -0.2) is 43.5 Å². The van der Waals surface area contributed by atoms with Gasteiger partial charge in [0.2, 0.25) is 0 Å². The highest BCUT2D eigenvalue weighted by atomic mass is 32.1. The highest BCUT2D eigenvalue weighted by Crippen LogP contribution is 2.33. The molecule has 0 spiro atoms. The summed E-state index contributed by atoms with van der Waals surface area (Å²) in [6.07, 6.45) is 3.70. The van der Waals surface area contributed by atoms with Crippen LogP contribution in [0.2, 0.25) is 0 Å². The summed E-state index contributed by atoms with van der Waals surface area (Å²) in [5, 5.41) is 5.51. The van der Waals surface area contributed by atoms with Gasteiger partial charge in [-0.3, -0.25) is 4.79 Å². The lowest BCUT2D eigenvalue weighted by Gasteiger charge is -2.31. The number of likely N-dealkylation sites (tertiary alicyclic amines) is 1. The predicted molar refractivity (Wildman–Crippen MR) is 110 cm³/mol. The summed E-state index contributed by atoms with van der Waals surface area (Å²) in [6.45, 7) is 5.38. The van der Waals surface area contributed by atoms with Gasteiger partial charge in [-0.1, -0.05) is 12.1 Å². The van der Waals surface area contributed by atoms with Crippen LogP contribution in [0.5, 0.6) is 0 Å². The Balaban J connectivity index is 1.44. The van der Waals surface area contributed by atoms with E-state index in [-0.39, 0.29) is 11.8 Å². The van der Waals surface area contributed by atoms with E-state index in [4.69, 9.17) is 4.98 Å². The highest BCUT2D eigenvalue weighted by molar-refractivity contribution is 7.18. The number of rotatable bonds is 2. The van der Waals surface area contributed by atoms with Crippen molar-refractivity contribution in [3.63, 3.8) is 0 Å². The number of carbonyl (C=O) groups excluding carboxylic acids is 1. The summed E-state index contributed by atoms with van der Waals surface area (Å²) in [5.74, 6) is 0.298. The zero-order valence-electron chi connectivity index (χ0n) is 15.9. The van der Waals surface area contributed by atoms with Gasteiger partial charge in [-0.25, -0.2) is 14.5 Å². The summed E-state index contributed by atoms with van der Waals surface area (Å²) in [7, 11) is 0. The number of fused-ring (bicyclic) bond motifs is 2. The molecule has 0 unspecified atom stereocenters. The first kappa shape index (κ1) is 17.3. The molecule has 142 valence electrons. The number of para-hydroxylation sites is 1. The Morgan fingerprint density at radius 2 is 2.07 bits per heavy atom. The molecule has 0 saturated carbocycles.